The van der Waals surface area contributed by atoms with Crippen molar-refractivity contribution in [3.63, 3.8) is 0 Å². The number of nitrogens with one attached hydrogen (secondary N) is 2. The van der Waals surface area contributed by atoms with Gasteiger partial charge in [0.15, 0.2) is 5.13 Å². The van der Waals surface area contributed by atoms with E-state index in [4.69, 9.17) is 0 Å². The first-order valence-electron chi connectivity index (χ1n) is 7.20. The smallest absolute Gasteiger partial charge is 0.413 e. The van der Waals surface area contributed by atoms with E-state index >= 15 is 0 Å². The number of rotatable bonds is 2. The fourth-order valence-electron chi connectivity index (χ4n) is 2.30. The molecule has 3 rings (SSSR count). The molecule has 0 saturated heterocycles. The van der Waals surface area contributed by atoms with Crippen LogP contribution in [0.1, 0.15) is 10.6 Å². The molecule has 7 nitrogen and oxygen atoms in total. The molecule has 0 spiro atoms. The summed E-state index contributed by atoms with van der Waals surface area (Å²) in [4.78, 5) is 30.4. The van der Waals surface area contributed by atoms with Crippen molar-refractivity contribution < 1.29 is 18.7 Å². The lowest BCUT2D eigenvalue weighted by Crippen LogP contribution is -2.38. The Balaban J connectivity index is 1.64. The number of hydrogen-bond donors (Lipinski definition) is 2. The van der Waals surface area contributed by atoms with Gasteiger partial charge in [0.1, 0.15) is 5.82 Å². The third-order valence-electron chi connectivity index (χ3n) is 3.51. The van der Waals surface area contributed by atoms with E-state index in [0.29, 0.717) is 30.3 Å². The van der Waals surface area contributed by atoms with Crippen LogP contribution in [-0.2, 0) is 17.7 Å². The van der Waals surface area contributed by atoms with Gasteiger partial charge in [0.2, 0.25) is 0 Å². The number of hydrogen-bond acceptors (Lipinski definition) is 5. The summed E-state index contributed by atoms with van der Waals surface area (Å²) in [5, 5.41) is 5.71. The van der Waals surface area contributed by atoms with Gasteiger partial charge in [-0.15, -0.1) is 0 Å². The number of nitrogens with zero attached hydrogens (tertiary/aromatic N) is 2. The number of carbonyl (C=O) groups excluding carboxylic acids is 2. The molecule has 0 radical (unpaired) electrons. The number of urea groups is 1. The molecule has 1 aromatic heterocycles. The summed E-state index contributed by atoms with van der Waals surface area (Å²) in [6.07, 6.45) is 0.0259. The lowest BCUT2D eigenvalue weighted by molar-refractivity contribution is 0.187. The molecule has 2 N–H and O–H groups in total. The molecule has 24 heavy (non-hydrogen) atoms. The second-order valence-electron chi connectivity index (χ2n) is 5.11. The molecular weight excluding hydrogens is 335 g/mol. The van der Waals surface area contributed by atoms with Crippen LogP contribution in [0.5, 0.6) is 0 Å². The maximum absolute atomic E-state index is 12.9. The predicted molar refractivity (Wildman–Crippen MR) is 87.7 cm³/mol. The van der Waals surface area contributed by atoms with Crippen LogP contribution >= 0.6 is 11.3 Å². The number of aromatic nitrogens is 1. The van der Waals surface area contributed by atoms with Crippen LogP contribution in [-0.4, -0.2) is 35.7 Å². The van der Waals surface area contributed by atoms with Crippen molar-refractivity contribution in [1.82, 2.24) is 9.88 Å². The maximum Gasteiger partial charge on any atom is 0.413 e. The minimum absolute atomic E-state index is 0.261. The molecule has 0 aliphatic carbocycles. The first-order chi connectivity index (χ1) is 11.5. The van der Waals surface area contributed by atoms with Crippen LogP contribution in [0.25, 0.3) is 0 Å². The highest BCUT2D eigenvalue weighted by Gasteiger charge is 2.24. The second-order valence-corrected chi connectivity index (χ2v) is 6.20. The molecule has 9 heteroatoms. The Morgan fingerprint density at radius 1 is 1.29 bits per heavy atom. The summed E-state index contributed by atoms with van der Waals surface area (Å²) in [5.74, 6) is -0.356. The zero-order chi connectivity index (χ0) is 17.1. The van der Waals surface area contributed by atoms with Gasteiger partial charge in [-0.2, -0.15) is 0 Å². The van der Waals surface area contributed by atoms with Crippen molar-refractivity contribution in [2.24, 2.45) is 0 Å². The molecule has 0 saturated carbocycles. The molecule has 1 aliphatic heterocycles. The number of carbonyl (C=O) groups is 2. The summed E-state index contributed by atoms with van der Waals surface area (Å²) in [5.41, 5.74) is 1.40. The molecule has 3 amide bonds. The van der Waals surface area contributed by atoms with Crippen LogP contribution in [0.2, 0.25) is 0 Å². The molecular formula is C15H15FN4O3S. The maximum atomic E-state index is 12.9. The molecule has 2 heterocycles. The third-order valence-corrected chi connectivity index (χ3v) is 4.51. The Morgan fingerprint density at radius 2 is 2.04 bits per heavy atom. The first-order valence-corrected chi connectivity index (χ1v) is 8.02. The summed E-state index contributed by atoms with van der Waals surface area (Å²) in [6, 6.07) is 5.33. The minimum atomic E-state index is -0.577. The molecule has 0 bridgehead atoms. The van der Waals surface area contributed by atoms with Gasteiger partial charge in [0, 0.05) is 23.5 Å². The van der Waals surface area contributed by atoms with E-state index in [1.165, 1.54) is 42.7 Å². The highest BCUT2D eigenvalue weighted by Crippen LogP contribution is 2.28. The van der Waals surface area contributed by atoms with E-state index in [1.807, 2.05) is 0 Å². The van der Waals surface area contributed by atoms with Crippen LogP contribution in [0, 0.1) is 5.82 Å². The SMILES string of the molecule is COC(=O)Nc1nc2c(s1)CN(C(=O)Nc1ccc(F)cc1)CC2. The molecule has 1 aromatic carbocycles. The van der Waals surface area contributed by atoms with Gasteiger partial charge in [-0.05, 0) is 24.3 Å². The van der Waals surface area contributed by atoms with E-state index < -0.39 is 6.09 Å². The molecule has 1 aliphatic rings. The Kier molecular flexibility index (Phi) is 4.61. The van der Waals surface area contributed by atoms with E-state index in [0.717, 1.165) is 10.6 Å². The molecule has 0 unspecified atom stereocenters. The van der Waals surface area contributed by atoms with Gasteiger partial charge in [0.05, 0.1) is 19.3 Å². The summed E-state index contributed by atoms with van der Waals surface area (Å²) in [7, 11) is 1.28. The van der Waals surface area contributed by atoms with Crippen molar-refractivity contribution in [1.29, 1.82) is 0 Å². The fourth-order valence-corrected chi connectivity index (χ4v) is 3.31. The summed E-state index contributed by atoms with van der Waals surface area (Å²) in [6.45, 7) is 0.921. The number of benzene rings is 1. The normalized spacial score (nSPS) is 13.2. The fraction of sp³-hybridized carbons (Fsp3) is 0.267. The Hall–Kier alpha value is -2.68. The van der Waals surface area contributed by atoms with Gasteiger partial charge in [-0.1, -0.05) is 11.3 Å². The van der Waals surface area contributed by atoms with Gasteiger partial charge < -0.3 is 15.0 Å². The lowest BCUT2D eigenvalue weighted by Gasteiger charge is -2.26. The van der Waals surface area contributed by atoms with E-state index in [2.05, 4.69) is 20.4 Å². The second kappa shape index (κ2) is 6.83. The average molecular weight is 350 g/mol. The number of halogens is 1. The largest absolute Gasteiger partial charge is 0.453 e. The number of methoxy groups -OCH3 is 1. The van der Waals surface area contributed by atoms with E-state index in [9.17, 15) is 14.0 Å². The van der Waals surface area contributed by atoms with E-state index in [-0.39, 0.29) is 11.8 Å². The van der Waals surface area contributed by atoms with Crippen LogP contribution in [0.15, 0.2) is 24.3 Å². The van der Waals surface area contributed by atoms with Crippen molar-refractivity contribution in [2.75, 3.05) is 24.3 Å². The number of amides is 3. The summed E-state index contributed by atoms with van der Waals surface area (Å²) < 4.78 is 17.4. The molecule has 0 atom stereocenters. The van der Waals surface area contributed by atoms with Gasteiger partial charge >= 0.3 is 12.1 Å². The molecule has 0 fully saturated rings. The van der Waals surface area contributed by atoms with Crippen LogP contribution in [0.4, 0.5) is 24.8 Å². The first kappa shape index (κ1) is 16.2. The lowest BCUT2D eigenvalue weighted by atomic mass is 10.2. The quantitative estimate of drug-likeness (QED) is 0.872. The minimum Gasteiger partial charge on any atom is -0.453 e. The third kappa shape index (κ3) is 3.62. The van der Waals surface area contributed by atoms with E-state index in [1.54, 1.807) is 4.90 Å². The topological polar surface area (TPSA) is 83.6 Å². The Morgan fingerprint density at radius 3 is 2.75 bits per heavy atom. The van der Waals surface area contributed by atoms with Crippen LogP contribution < -0.4 is 10.6 Å². The molecule has 126 valence electrons. The van der Waals surface area contributed by atoms with Crippen molar-refractivity contribution in [2.45, 2.75) is 13.0 Å². The summed E-state index contributed by atoms with van der Waals surface area (Å²) >= 11 is 1.31. The highest BCUT2D eigenvalue weighted by molar-refractivity contribution is 7.15. The predicted octanol–water partition coefficient (Wildman–Crippen LogP) is 3.05. The zero-order valence-corrected chi connectivity index (χ0v) is 13.7. The van der Waals surface area contributed by atoms with Crippen molar-refractivity contribution in [3.8, 4) is 0 Å². The van der Waals surface area contributed by atoms with Gasteiger partial charge in [0.25, 0.3) is 0 Å². The highest BCUT2D eigenvalue weighted by atomic mass is 32.1. The van der Waals surface area contributed by atoms with Crippen LogP contribution in [0.3, 0.4) is 0 Å². The van der Waals surface area contributed by atoms with Gasteiger partial charge in [-0.3, -0.25) is 5.32 Å². The van der Waals surface area contributed by atoms with Crippen molar-refractivity contribution in [3.05, 3.63) is 40.7 Å². The van der Waals surface area contributed by atoms with Gasteiger partial charge in [-0.25, -0.2) is 19.0 Å². The Bertz CT molecular complexity index is 763. The number of thiazole rings is 1. The number of fused-ring (bicyclic) bond motifs is 1. The van der Waals surface area contributed by atoms with Crippen molar-refractivity contribution >= 4 is 34.3 Å². The zero-order valence-electron chi connectivity index (χ0n) is 12.8. The number of anilines is 2. The number of ether oxygens (including phenoxy) is 1. The monoisotopic (exact) mass is 350 g/mol. The standard InChI is InChI=1S/C15H15FN4O3S/c1-23-15(22)19-13-18-11-6-7-20(8-12(11)24-13)14(21)17-10-4-2-9(16)3-5-10/h2-5H,6-8H2,1H3,(H,17,21)(H,18,19,22). The average Bonchev–Trinajstić information content (AvgIpc) is 2.97. The Labute approximate surface area is 141 Å². The molecule has 2 aromatic rings.